The third-order valence-electron chi connectivity index (χ3n) is 5.47. The van der Waals surface area contributed by atoms with Crippen LogP contribution in [0.25, 0.3) is 0 Å². The largest absolute Gasteiger partial charge is 0.497 e. The minimum atomic E-state index is 0.345. The summed E-state index contributed by atoms with van der Waals surface area (Å²) < 4.78 is 5.27. The van der Waals surface area contributed by atoms with Crippen LogP contribution in [-0.2, 0) is 16.7 Å². The number of piperidine rings is 1. The van der Waals surface area contributed by atoms with Gasteiger partial charge in [-0.3, -0.25) is 0 Å². The van der Waals surface area contributed by atoms with Gasteiger partial charge in [0.05, 0.1) is 7.11 Å². The van der Waals surface area contributed by atoms with Gasteiger partial charge in [-0.2, -0.15) is 0 Å². The molecule has 4 rings (SSSR count). The van der Waals surface area contributed by atoms with E-state index in [9.17, 15) is 0 Å². The van der Waals surface area contributed by atoms with Gasteiger partial charge in [0.15, 0.2) is 0 Å². The molecule has 0 saturated carbocycles. The summed E-state index contributed by atoms with van der Waals surface area (Å²) >= 11 is 0. The lowest BCUT2D eigenvalue weighted by atomic mass is 9.74. The van der Waals surface area contributed by atoms with Gasteiger partial charge in [-0.05, 0) is 49.2 Å². The van der Waals surface area contributed by atoms with Crippen LogP contribution in [0.4, 0.5) is 5.69 Å². The minimum absolute atomic E-state index is 0.345. The second-order valence-electron chi connectivity index (χ2n) is 6.78. The van der Waals surface area contributed by atoms with Crippen molar-refractivity contribution in [1.29, 1.82) is 0 Å². The maximum absolute atomic E-state index is 5.27. The maximum Gasteiger partial charge on any atom is 0.118 e. The number of fused-ring (bicyclic) bond motifs is 2. The predicted molar refractivity (Wildman–Crippen MR) is 93.4 cm³/mol. The molecule has 23 heavy (non-hydrogen) atoms. The Kier molecular flexibility index (Phi) is 3.77. The van der Waals surface area contributed by atoms with E-state index < -0.39 is 0 Å². The third-order valence-corrected chi connectivity index (χ3v) is 5.47. The number of hydrogen-bond donors (Lipinski definition) is 2. The van der Waals surface area contributed by atoms with E-state index in [2.05, 4.69) is 46.0 Å². The van der Waals surface area contributed by atoms with Gasteiger partial charge in [0, 0.05) is 36.9 Å². The molecule has 3 aliphatic rings. The highest BCUT2D eigenvalue weighted by molar-refractivity contribution is 5.65. The van der Waals surface area contributed by atoms with E-state index >= 15 is 0 Å². The van der Waals surface area contributed by atoms with Gasteiger partial charge in [-0.25, -0.2) is 0 Å². The zero-order valence-corrected chi connectivity index (χ0v) is 13.8. The number of allylic oxidation sites excluding steroid dienone is 1. The molecule has 4 heteroatoms. The van der Waals surface area contributed by atoms with Crippen molar-refractivity contribution >= 4 is 5.69 Å². The van der Waals surface area contributed by atoms with Gasteiger partial charge < -0.3 is 20.3 Å². The summed E-state index contributed by atoms with van der Waals surface area (Å²) in [7, 11) is 1.72. The standard InChI is InChI=1S/C19H25N3O/c1-23-16-5-11-22(12-6-16)13-15-3-2-4-17-18(15)21-14-19(17)7-9-20-10-8-19/h2-6,11,20-21H,7-10,12-14H2,1H3. The molecule has 122 valence electrons. The first-order valence-electron chi connectivity index (χ1n) is 8.54. The molecule has 0 bridgehead atoms. The normalized spacial score (nSPS) is 21.8. The summed E-state index contributed by atoms with van der Waals surface area (Å²) in [5, 5.41) is 7.21. The topological polar surface area (TPSA) is 36.5 Å². The second-order valence-corrected chi connectivity index (χ2v) is 6.78. The summed E-state index contributed by atoms with van der Waals surface area (Å²) in [6.07, 6.45) is 8.77. The van der Waals surface area contributed by atoms with E-state index in [1.54, 1.807) is 7.11 Å². The molecule has 1 spiro atoms. The van der Waals surface area contributed by atoms with Crippen LogP contribution >= 0.6 is 0 Å². The Morgan fingerprint density at radius 2 is 2.13 bits per heavy atom. The van der Waals surface area contributed by atoms with Crippen molar-refractivity contribution in [1.82, 2.24) is 10.2 Å². The molecule has 1 fully saturated rings. The van der Waals surface area contributed by atoms with Crippen LogP contribution in [0, 0.1) is 0 Å². The number of para-hydroxylation sites is 1. The molecule has 0 unspecified atom stereocenters. The molecule has 3 heterocycles. The number of benzene rings is 1. The average molecular weight is 311 g/mol. The van der Waals surface area contributed by atoms with Crippen molar-refractivity contribution in [2.24, 2.45) is 0 Å². The second kappa shape index (κ2) is 5.93. The lowest BCUT2D eigenvalue weighted by Gasteiger charge is -2.34. The molecule has 2 N–H and O–H groups in total. The lowest BCUT2D eigenvalue weighted by Crippen LogP contribution is -2.41. The molecule has 1 saturated heterocycles. The zero-order valence-electron chi connectivity index (χ0n) is 13.8. The molecule has 3 aliphatic heterocycles. The smallest absolute Gasteiger partial charge is 0.118 e. The monoisotopic (exact) mass is 311 g/mol. The van der Waals surface area contributed by atoms with Crippen LogP contribution < -0.4 is 10.6 Å². The van der Waals surface area contributed by atoms with Gasteiger partial charge in [-0.1, -0.05) is 18.2 Å². The van der Waals surface area contributed by atoms with E-state index in [4.69, 9.17) is 4.74 Å². The molecule has 1 aromatic rings. The van der Waals surface area contributed by atoms with E-state index in [0.29, 0.717) is 5.41 Å². The molecule has 0 atom stereocenters. The fourth-order valence-electron chi connectivity index (χ4n) is 4.09. The molecule has 4 nitrogen and oxygen atoms in total. The van der Waals surface area contributed by atoms with Gasteiger partial charge in [0.1, 0.15) is 5.76 Å². The van der Waals surface area contributed by atoms with Crippen LogP contribution in [0.15, 0.2) is 42.3 Å². The van der Waals surface area contributed by atoms with Gasteiger partial charge in [0.2, 0.25) is 0 Å². The summed E-state index contributed by atoms with van der Waals surface area (Å²) in [4.78, 5) is 2.33. The van der Waals surface area contributed by atoms with Gasteiger partial charge in [0.25, 0.3) is 0 Å². The number of rotatable bonds is 3. The predicted octanol–water partition coefficient (Wildman–Crippen LogP) is 2.59. The van der Waals surface area contributed by atoms with Crippen LogP contribution in [0.1, 0.15) is 24.0 Å². The fourth-order valence-corrected chi connectivity index (χ4v) is 4.09. The molecule has 0 aromatic heterocycles. The first kappa shape index (κ1) is 14.6. The van der Waals surface area contributed by atoms with Crippen molar-refractivity contribution in [2.75, 3.05) is 38.6 Å². The number of ether oxygens (including phenoxy) is 1. The number of nitrogens with one attached hydrogen (secondary N) is 2. The highest BCUT2D eigenvalue weighted by Gasteiger charge is 2.40. The Hall–Kier alpha value is -1.94. The maximum atomic E-state index is 5.27. The first-order valence-corrected chi connectivity index (χ1v) is 8.54. The van der Waals surface area contributed by atoms with Gasteiger partial charge >= 0.3 is 0 Å². The van der Waals surface area contributed by atoms with E-state index in [1.807, 2.05) is 6.08 Å². The van der Waals surface area contributed by atoms with Crippen LogP contribution in [-0.4, -0.2) is 38.2 Å². The van der Waals surface area contributed by atoms with Crippen molar-refractivity contribution in [3.8, 4) is 0 Å². The number of hydrogen-bond acceptors (Lipinski definition) is 4. The Labute approximate surface area is 138 Å². The Morgan fingerprint density at radius 1 is 1.26 bits per heavy atom. The van der Waals surface area contributed by atoms with Crippen molar-refractivity contribution < 1.29 is 4.74 Å². The fraction of sp³-hybridized carbons (Fsp3) is 0.474. The Bertz CT molecular complexity index is 644. The first-order chi connectivity index (χ1) is 11.3. The lowest BCUT2D eigenvalue weighted by molar-refractivity contribution is 0.291. The van der Waals surface area contributed by atoms with E-state index in [1.165, 1.54) is 29.7 Å². The molecule has 0 amide bonds. The van der Waals surface area contributed by atoms with Crippen molar-refractivity contribution in [3.63, 3.8) is 0 Å². The quantitative estimate of drug-likeness (QED) is 0.900. The van der Waals surface area contributed by atoms with Crippen LogP contribution in [0.2, 0.25) is 0 Å². The highest BCUT2D eigenvalue weighted by atomic mass is 16.5. The van der Waals surface area contributed by atoms with Crippen LogP contribution in [0.3, 0.4) is 0 Å². The summed E-state index contributed by atoms with van der Waals surface area (Å²) in [5.74, 6) is 0.950. The zero-order chi connectivity index (χ0) is 15.7. The Morgan fingerprint density at radius 3 is 2.87 bits per heavy atom. The molecule has 0 aliphatic carbocycles. The molecular formula is C19H25N3O. The van der Waals surface area contributed by atoms with Gasteiger partial charge in [-0.15, -0.1) is 0 Å². The van der Waals surface area contributed by atoms with Crippen molar-refractivity contribution in [3.05, 3.63) is 53.4 Å². The highest BCUT2D eigenvalue weighted by Crippen LogP contribution is 2.44. The average Bonchev–Trinajstić information content (AvgIpc) is 2.96. The SMILES string of the molecule is COC1=CCN(Cc2cccc3c2NCC32CCNCC2)C=C1. The number of anilines is 1. The van der Waals surface area contributed by atoms with E-state index in [-0.39, 0.29) is 0 Å². The summed E-state index contributed by atoms with van der Waals surface area (Å²) in [5.41, 5.74) is 4.66. The minimum Gasteiger partial charge on any atom is -0.497 e. The number of nitrogens with zero attached hydrogens (tertiary/aromatic N) is 1. The molecule has 0 radical (unpaired) electrons. The van der Waals surface area contributed by atoms with Crippen LogP contribution in [0.5, 0.6) is 0 Å². The number of methoxy groups -OCH3 is 1. The van der Waals surface area contributed by atoms with Crippen molar-refractivity contribution in [2.45, 2.75) is 24.8 Å². The van der Waals surface area contributed by atoms with E-state index in [0.717, 1.165) is 38.5 Å². The molecular weight excluding hydrogens is 286 g/mol. The summed E-state index contributed by atoms with van der Waals surface area (Å²) in [6.45, 7) is 5.19. The third kappa shape index (κ3) is 2.61. The molecule has 1 aromatic carbocycles. The Balaban J connectivity index is 1.56. The summed E-state index contributed by atoms with van der Waals surface area (Å²) in [6, 6.07) is 6.82.